The van der Waals surface area contributed by atoms with Gasteiger partial charge >= 0.3 is 0 Å². The van der Waals surface area contributed by atoms with Crippen LogP contribution in [0.15, 0.2) is 18.3 Å². The Bertz CT molecular complexity index is 392. The summed E-state index contributed by atoms with van der Waals surface area (Å²) in [6.07, 6.45) is 5.74. The van der Waals surface area contributed by atoms with Gasteiger partial charge in [0.15, 0.2) is 0 Å². The SMILES string of the molecule is CCNCC1CCC(C)CC1c1ncccc1OC. The highest BCUT2D eigenvalue weighted by Gasteiger charge is 2.32. The molecular formula is C16H26N2O. The van der Waals surface area contributed by atoms with Gasteiger partial charge in [-0.1, -0.05) is 20.3 Å². The average Bonchev–Trinajstić information content (AvgIpc) is 2.46. The Morgan fingerprint density at radius 3 is 3.00 bits per heavy atom. The monoisotopic (exact) mass is 262 g/mol. The highest BCUT2D eigenvalue weighted by molar-refractivity contribution is 5.30. The fraction of sp³-hybridized carbons (Fsp3) is 0.688. The fourth-order valence-corrected chi connectivity index (χ4v) is 3.21. The lowest BCUT2D eigenvalue weighted by molar-refractivity contribution is 0.234. The molecule has 1 N–H and O–H groups in total. The van der Waals surface area contributed by atoms with Crippen LogP contribution in [0.5, 0.6) is 5.75 Å². The number of pyridine rings is 1. The molecule has 19 heavy (non-hydrogen) atoms. The van der Waals surface area contributed by atoms with E-state index >= 15 is 0 Å². The number of hydrogen-bond acceptors (Lipinski definition) is 3. The predicted octanol–water partition coefficient (Wildman–Crippen LogP) is 3.22. The summed E-state index contributed by atoms with van der Waals surface area (Å²) in [5.41, 5.74) is 1.15. The van der Waals surface area contributed by atoms with Crippen LogP contribution in [-0.2, 0) is 0 Å². The highest BCUT2D eigenvalue weighted by Crippen LogP contribution is 2.42. The third-order valence-electron chi connectivity index (χ3n) is 4.28. The molecule has 106 valence electrons. The largest absolute Gasteiger partial charge is 0.495 e. The van der Waals surface area contributed by atoms with Crippen LogP contribution >= 0.6 is 0 Å². The second-order valence-corrected chi connectivity index (χ2v) is 5.68. The third-order valence-corrected chi connectivity index (χ3v) is 4.28. The molecule has 0 bridgehead atoms. The molecule has 1 saturated carbocycles. The van der Waals surface area contributed by atoms with E-state index in [0.29, 0.717) is 11.8 Å². The zero-order chi connectivity index (χ0) is 13.7. The quantitative estimate of drug-likeness (QED) is 0.884. The first-order valence-electron chi connectivity index (χ1n) is 7.45. The van der Waals surface area contributed by atoms with Crippen molar-refractivity contribution in [1.82, 2.24) is 10.3 Å². The van der Waals surface area contributed by atoms with Crippen molar-refractivity contribution >= 4 is 0 Å². The highest BCUT2D eigenvalue weighted by atomic mass is 16.5. The van der Waals surface area contributed by atoms with Crippen LogP contribution in [0.3, 0.4) is 0 Å². The zero-order valence-electron chi connectivity index (χ0n) is 12.4. The minimum absolute atomic E-state index is 0.527. The number of hydrogen-bond donors (Lipinski definition) is 1. The molecule has 0 radical (unpaired) electrons. The molecule has 1 fully saturated rings. The van der Waals surface area contributed by atoms with Crippen molar-refractivity contribution < 1.29 is 4.74 Å². The van der Waals surface area contributed by atoms with E-state index in [-0.39, 0.29) is 0 Å². The van der Waals surface area contributed by atoms with E-state index in [1.807, 2.05) is 18.3 Å². The standard InChI is InChI=1S/C16H26N2O/c1-4-17-11-13-8-7-12(2)10-14(13)16-15(19-3)6-5-9-18-16/h5-6,9,12-14,17H,4,7-8,10-11H2,1-3H3. The Morgan fingerprint density at radius 1 is 1.42 bits per heavy atom. The smallest absolute Gasteiger partial charge is 0.140 e. The van der Waals surface area contributed by atoms with Crippen molar-refractivity contribution in [2.45, 2.75) is 39.0 Å². The lowest BCUT2D eigenvalue weighted by atomic mass is 9.73. The Hall–Kier alpha value is -1.09. The Morgan fingerprint density at radius 2 is 2.26 bits per heavy atom. The number of nitrogens with zero attached hydrogens (tertiary/aromatic N) is 1. The van der Waals surface area contributed by atoms with Gasteiger partial charge in [-0.15, -0.1) is 0 Å². The molecule has 0 saturated heterocycles. The van der Waals surface area contributed by atoms with Crippen molar-refractivity contribution in [1.29, 1.82) is 0 Å². The first-order valence-corrected chi connectivity index (χ1v) is 7.45. The summed E-state index contributed by atoms with van der Waals surface area (Å²) in [5.74, 6) is 2.94. The topological polar surface area (TPSA) is 34.2 Å². The summed E-state index contributed by atoms with van der Waals surface area (Å²) in [7, 11) is 1.74. The molecule has 1 aliphatic carbocycles. The van der Waals surface area contributed by atoms with Crippen LogP contribution in [0.25, 0.3) is 0 Å². The zero-order valence-corrected chi connectivity index (χ0v) is 12.4. The molecule has 1 heterocycles. The summed E-state index contributed by atoms with van der Waals surface area (Å²) in [4.78, 5) is 4.61. The van der Waals surface area contributed by atoms with Gasteiger partial charge in [0.05, 0.1) is 12.8 Å². The number of methoxy groups -OCH3 is 1. The molecule has 0 amide bonds. The summed E-state index contributed by atoms with van der Waals surface area (Å²) < 4.78 is 5.50. The van der Waals surface area contributed by atoms with Gasteiger partial charge in [0, 0.05) is 12.1 Å². The summed E-state index contributed by atoms with van der Waals surface area (Å²) in [6, 6.07) is 3.99. The van der Waals surface area contributed by atoms with Crippen molar-refractivity contribution in [3.05, 3.63) is 24.0 Å². The van der Waals surface area contributed by atoms with Crippen molar-refractivity contribution in [2.24, 2.45) is 11.8 Å². The van der Waals surface area contributed by atoms with Gasteiger partial charge in [-0.2, -0.15) is 0 Å². The molecule has 3 heteroatoms. The Kier molecular flexibility index (Phi) is 5.20. The molecule has 0 aliphatic heterocycles. The number of nitrogens with one attached hydrogen (secondary N) is 1. The minimum Gasteiger partial charge on any atom is -0.495 e. The van der Waals surface area contributed by atoms with E-state index in [2.05, 4.69) is 24.1 Å². The van der Waals surface area contributed by atoms with Crippen LogP contribution < -0.4 is 10.1 Å². The number of ether oxygens (including phenoxy) is 1. The fourth-order valence-electron chi connectivity index (χ4n) is 3.21. The van der Waals surface area contributed by atoms with E-state index in [4.69, 9.17) is 4.74 Å². The average molecular weight is 262 g/mol. The van der Waals surface area contributed by atoms with Gasteiger partial charge < -0.3 is 10.1 Å². The molecule has 1 aliphatic rings. The van der Waals surface area contributed by atoms with Gasteiger partial charge in [-0.05, 0) is 49.9 Å². The second kappa shape index (κ2) is 6.90. The summed E-state index contributed by atoms with van der Waals surface area (Å²) >= 11 is 0. The van der Waals surface area contributed by atoms with E-state index in [1.165, 1.54) is 19.3 Å². The maximum atomic E-state index is 5.50. The molecular weight excluding hydrogens is 236 g/mol. The normalized spacial score (nSPS) is 27.2. The number of aromatic nitrogens is 1. The van der Waals surface area contributed by atoms with Crippen molar-refractivity contribution in [2.75, 3.05) is 20.2 Å². The molecule has 1 aromatic rings. The molecule has 0 aromatic carbocycles. The van der Waals surface area contributed by atoms with Gasteiger partial charge in [0.1, 0.15) is 5.75 Å². The molecule has 3 atom stereocenters. The van der Waals surface area contributed by atoms with Crippen molar-refractivity contribution in [3.8, 4) is 5.75 Å². The third kappa shape index (κ3) is 3.47. The first kappa shape index (κ1) is 14.3. The predicted molar refractivity (Wildman–Crippen MR) is 78.6 cm³/mol. The molecule has 1 aromatic heterocycles. The molecule has 0 spiro atoms. The minimum atomic E-state index is 0.527. The Balaban J connectivity index is 2.20. The molecule has 3 nitrogen and oxygen atoms in total. The van der Waals surface area contributed by atoms with E-state index in [9.17, 15) is 0 Å². The summed E-state index contributed by atoms with van der Waals surface area (Å²) in [6.45, 7) is 6.65. The maximum Gasteiger partial charge on any atom is 0.140 e. The first-order chi connectivity index (χ1) is 9.26. The second-order valence-electron chi connectivity index (χ2n) is 5.68. The molecule has 2 rings (SSSR count). The van der Waals surface area contributed by atoms with Gasteiger partial charge in [0.2, 0.25) is 0 Å². The lowest BCUT2D eigenvalue weighted by Crippen LogP contribution is -2.32. The van der Waals surface area contributed by atoms with Crippen LogP contribution in [0.2, 0.25) is 0 Å². The number of rotatable bonds is 5. The van der Waals surface area contributed by atoms with E-state index in [0.717, 1.165) is 30.5 Å². The Labute approximate surface area is 116 Å². The van der Waals surface area contributed by atoms with Gasteiger partial charge in [-0.3, -0.25) is 4.98 Å². The van der Waals surface area contributed by atoms with Gasteiger partial charge in [-0.25, -0.2) is 0 Å². The molecule has 3 unspecified atom stereocenters. The van der Waals surface area contributed by atoms with E-state index < -0.39 is 0 Å². The van der Waals surface area contributed by atoms with Gasteiger partial charge in [0.25, 0.3) is 0 Å². The van der Waals surface area contributed by atoms with E-state index in [1.54, 1.807) is 7.11 Å². The van der Waals surface area contributed by atoms with Crippen LogP contribution in [-0.4, -0.2) is 25.2 Å². The maximum absolute atomic E-state index is 5.50. The van der Waals surface area contributed by atoms with Crippen LogP contribution in [0, 0.1) is 11.8 Å². The van der Waals surface area contributed by atoms with Crippen LogP contribution in [0.1, 0.15) is 44.7 Å². The van der Waals surface area contributed by atoms with Crippen LogP contribution in [0.4, 0.5) is 0 Å². The van der Waals surface area contributed by atoms with Crippen molar-refractivity contribution in [3.63, 3.8) is 0 Å². The lowest BCUT2D eigenvalue weighted by Gasteiger charge is -2.35. The summed E-state index contributed by atoms with van der Waals surface area (Å²) in [5, 5.41) is 3.50.